The Morgan fingerprint density at radius 2 is 1.60 bits per heavy atom. The van der Waals surface area contributed by atoms with Gasteiger partial charge < -0.3 is 9.26 Å². The minimum Gasteiger partial charge on any atom is -0.444 e. The summed E-state index contributed by atoms with van der Waals surface area (Å²) < 4.78 is 21.8. The summed E-state index contributed by atoms with van der Waals surface area (Å²) >= 11 is 0. The molecule has 1 N–H and O–H groups in total. The van der Waals surface area contributed by atoms with Crippen molar-refractivity contribution in [3.05, 3.63) is 65.9 Å². The standard InChI is InChI=1S/C23H24N2O4S/c1-23(2,3)29-22(26)24-20-15-28-25-21(20)18-11-7-16(8-12-18)5-6-17-9-13-19(14-10-17)30(4)27/h5-15H,1-4H3,(H,24,26). The van der Waals surface area contributed by atoms with E-state index in [0.29, 0.717) is 11.4 Å². The van der Waals surface area contributed by atoms with Gasteiger partial charge in [0.1, 0.15) is 23.2 Å². The summed E-state index contributed by atoms with van der Waals surface area (Å²) in [5.41, 5.74) is 3.21. The molecule has 0 aliphatic rings. The fourth-order valence-corrected chi connectivity index (χ4v) is 3.18. The lowest BCUT2D eigenvalue weighted by atomic mass is 10.1. The quantitative estimate of drug-likeness (QED) is 0.540. The first-order chi connectivity index (χ1) is 14.2. The summed E-state index contributed by atoms with van der Waals surface area (Å²) in [7, 11) is -0.978. The first-order valence-electron chi connectivity index (χ1n) is 9.38. The highest BCUT2D eigenvalue weighted by molar-refractivity contribution is 7.84. The Labute approximate surface area is 178 Å². The van der Waals surface area contributed by atoms with Crippen molar-refractivity contribution in [1.29, 1.82) is 0 Å². The van der Waals surface area contributed by atoms with E-state index in [1.54, 1.807) is 27.0 Å². The largest absolute Gasteiger partial charge is 0.444 e. The van der Waals surface area contributed by atoms with Gasteiger partial charge >= 0.3 is 6.09 Å². The first kappa shape index (κ1) is 21.5. The van der Waals surface area contributed by atoms with Crippen LogP contribution in [0.25, 0.3) is 23.4 Å². The van der Waals surface area contributed by atoms with Crippen LogP contribution in [0.2, 0.25) is 0 Å². The lowest BCUT2D eigenvalue weighted by molar-refractivity contribution is 0.0636. The SMILES string of the molecule is CS(=O)c1ccc(C=Cc2ccc(-c3nocc3NC(=O)OC(C)(C)C)cc2)cc1. The van der Waals surface area contributed by atoms with Gasteiger partial charge in [0.25, 0.3) is 0 Å². The topological polar surface area (TPSA) is 81.4 Å². The van der Waals surface area contributed by atoms with Crippen molar-refractivity contribution in [3.63, 3.8) is 0 Å². The molecule has 1 heterocycles. The van der Waals surface area contributed by atoms with E-state index in [4.69, 9.17) is 9.26 Å². The van der Waals surface area contributed by atoms with E-state index < -0.39 is 22.5 Å². The molecule has 0 fully saturated rings. The predicted molar refractivity (Wildman–Crippen MR) is 119 cm³/mol. The zero-order chi connectivity index (χ0) is 21.7. The van der Waals surface area contributed by atoms with E-state index in [1.807, 2.05) is 60.7 Å². The second kappa shape index (κ2) is 9.09. The van der Waals surface area contributed by atoms with Crippen LogP contribution in [0.4, 0.5) is 10.5 Å². The molecule has 3 aromatic rings. The third-order valence-corrected chi connectivity index (χ3v) is 5.01. The van der Waals surface area contributed by atoms with Crippen molar-refractivity contribution >= 4 is 34.7 Å². The zero-order valence-corrected chi connectivity index (χ0v) is 18.2. The maximum Gasteiger partial charge on any atom is 0.412 e. The van der Waals surface area contributed by atoms with E-state index in [1.165, 1.54) is 6.26 Å². The molecule has 0 bridgehead atoms. The number of hydrogen-bond donors (Lipinski definition) is 1. The number of carbonyl (C=O) groups excluding carboxylic acids is 1. The Balaban J connectivity index is 1.70. The highest BCUT2D eigenvalue weighted by Crippen LogP contribution is 2.27. The first-order valence-corrected chi connectivity index (χ1v) is 10.9. The molecule has 7 heteroatoms. The van der Waals surface area contributed by atoms with Crippen molar-refractivity contribution in [2.45, 2.75) is 31.3 Å². The molecule has 0 saturated carbocycles. The molecule has 1 amide bonds. The summed E-state index contributed by atoms with van der Waals surface area (Å²) in [6.07, 6.45) is 6.45. The van der Waals surface area contributed by atoms with Gasteiger partial charge in [0, 0.05) is 27.5 Å². The van der Waals surface area contributed by atoms with Crippen LogP contribution in [0.15, 0.2) is 64.2 Å². The third kappa shape index (κ3) is 5.90. The van der Waals surface area contributed by atoms with E-state index in [-0.39, 0.29) is 0 Å². The number of aromatic nitrogens is 1. The number of anilines is 1. The van der Waals surface area contributed by atoms with E-state index in [0.717, 1.165) is 21.6 Å². The molecule has 3 rings (SSSR count). The molecule has 1 unspecified atom stereocenters. The summed E-state index contributed by atoms with van der Waals surface area (Å²) in [4.78, 5) is 12.8. The number of rotatable bonds is 5. The summed E-state index contributed by atoms with van der Waals surface area (Å²) in [6.45, 7) is 5.39. The van der Waals surface area contributed by atoms with E-state index >= 15 is 0 Å². The van der Waals surface area contributed by atoms with Crippen molar-refractivity contribution in [2.24, 2.45) is 0 Å². The van der Waals surface area contributed by atoms with Gasteiger partial charge in [-0.3, -0.25) is 9.53 Å². The fraction of sp³-hybridized carbons (Fsp3) is 0.217. The van der Waals surface area contributed by atoms with Gasteiger partial charge in [-0.1, -0.05) is 53.7 Å². The predicted octanol–water partition coefficient (Wildman–Crippen LogP) is 5.60. The van der Waals surface area contributed by atoms with Crippen LogP contribution in [-0.2, 0) is 15.5 Å². The number of carbonyl (C=O) groups is 1. The van der Waals surface area contributed by atoms with Crippen molar-refractivity contribution in [2.75, 3.05) is 11.6 Å². The monoisotopic (exact) mass is 424 g/mol. The average molecular weight is 425 g/mol. The maximum absolute atomic E-state index is 12.0. The number of ether oxygens (including phenoxy) is 1. The number of hydrogen-bond acceptors (Lipinski definition) is 5. The number of nitrogens with zero attached hydrogens (tertiary/aromatic N) is 1. The van der Waals surface area contributed by atoms with Gasteiger partial charge in [0.05, 0.1) is 0 Å². The van der Waals surface area contributed by atoms with Crippen molar-refractivity contribution in [1.82, 2.24) is 5.16 Å². The average Bonchev–Trinajstić information content (AvgIpc) is 3.13. The number of benzene rings is 2. The van der Waals surface area contributed by atoms with Crippen LogP contribution in [0.3, 0.4) is 0 Å². The smallest absolute Gasteiger partial charge is 0.412 e. The molecular weight excluding hydrogens is 400 g/mol. The molecule has 1 atom stereocenters. The molecule has 0 aliphatic carbocycles. The lowest BCUT2D eigenvalue weighted by Crippen LogP contribution is -2.27. The number of amides is 1. The van der Waals surface area contributed by atoms with Gasteiger partial charge in [-0.15, -0.1) is 0 Å². The highest BCUT2D eigenvalue weighted by atomic mass is 32.2. The molecule has 6 nitrogen and oxygen atoms in total. The number of nitrogens with one attached hydrogen (secondary N) is 1. The second-order valence-electron chi connectivity index (χ2n) is 7.68. The van der Waals surface area contributed by atoms with Gasteiger partial charge in [0.15, 0.2) is 0 Å². The lowest BCUT2D eigenvalue weighted by Gasteiger charge is -2.19. The van der Waals surface area contributed by atoms with E-state index in [9.17, 15) is 9.00 Å². The van der Waals surface area contributed by atoms with Crippen LogP contribution >= 0.6 is 0 Å². The van der Waals surface area contributed by atoms with Crippen molar-refractivity contribution < 1.29 is 18.3 Å². The minimum atomic E-state index is -0.978. The Morgan fingerprint density at radius 1 is 1.03 bits per heavy atom. The normalized spacial score (nSPS) is 12.7. The molecule has 30 heavy (non-hydrogen) atoms. The summed E-state index contributed by atoms with van der Waals surface area (Å²) in [6, 6.07) is 15.3. The van der Waals surface area contributed by atoms with E-state index in [2.05, 4.69) is 10.5 Å². The third-order valence-electron chi connectivity index (χ3n) is 4.07. The highest BCUT2D eigenvalue weighted by Gasteiger charge is 2.19. The molecule has 1 aromatic heterocycles. The molecule has 2 aromatic carbocycles. The second-order valence-corrected chi connectivity index (χ2v) is 9.06. The van der Waals surface area contributed by atoms with Gasteiger partial charge in [0.2, 0.25) is 0 Å². The van der Waals surface area contributed by atoms with Crippen LogP contribution in [0.1, 0.15) is 31.9 Å². The maximum atomic E-state index is 12.0. The zero-order valence-electron chi connectivity index (χ0n) is 17.3. The Bertz CT molecular complexity index is 1060. The molecule has 0 aliphatic heterocycles. The van der Waals surface area contributed by atoms with Gasteiger partial charge in [-0.25, -0.2) is 4.79 Å². The van der Waals surface area contributed by atoms with Crippen LogP contribution in [0, 0.1) is 0 Å². The van der Waals surface area contributed by atoms with Gasteiger partial charge in [-0.05, 0) is 44.0 Å². The summed E-state index contributed by atoms with van der Waals surface area (Å²) in [5.74, 6) is 0. The molecular formula is C23H24N2O4S. The molecule has 156 valence electrons. The Morgan fingerprint density at radius 3 is 2.13 bits per heavy atom. The molecule has 0 saturated heterocycles. The summed E-state index contributed by atoms with van der Waals surface area (Å²) in [5, 5.41) is 6.66. The van der Waals surface area contributed by atoms with Gasteiger partial charge in [-0.2, -0.15) is 0 Å². The van der Waals surface area contributed by atoms with Crippen LogP contribution in [-0.4, -0.2) is 27.3 Å². The molecule has 0 radical (unpaired) electrons. The van der Waals surface area contributed by atoms with Crippen LogP contribution < -0.4 is 5.32 Å². The Hall–Kier alpha value is -3.19. The van der Waals surface area contributed by atoms with Crippen LogP contribution in [0.5, 0.6) is 0 Å². The fourth-order valence-electron chi connectivity index (χ4n) is 2.66. The minimum absolute atomic E-state index is 0.445. The Kier molecular flexibility index (Phi) is 6.52. The van der Waals surface area contributed by atoms with Crippen molar-refractivity contribution in [3.8, 4) is 11.3 Å². The molecule has 0 spiro atoms.